The maximum atomic E-state index is 12.1. The van der Waals surface area contributed by atoms with E-state index >= 15 is 0 Å². The third kappa shape index (κ3) is 3.83. The number of urea groups is 1. The summed E-state index contributed by atoms with van der Waals surface area (Å²) in [6.45, 7) is 0.717. The van der Waals surface area contributed by atoms with Crippen molar-refractivity contribution in [2.75, 3.05) is 6.54 Å². The lowest BCUT2D eigenvalue weighted by Gasteiger charge is -2.19. The summed E-state index contributed by atoms with van der Waals surface area (Å²) < 4.78 is 0. The normalized spacial score (nSPS) is 19.2. The number of allylic oxidation sites excluding steroid dienone is 1. The fourth-order valence-electron chi connectivity index (χ4n) is 3.11. The number of rotatable bonds is 5. The highest BCUT2D eigenvalue weighted by atomic mass is 35.5. The van der Waals surface area contributed by atoms with Crippen LogP contribution in [0.25, 0.3) is 0 Å². The van der Waals surface area contributed by atoms with Crippen LogP contribution in [0, 0.1) is 0 Å². The van der Waals surface area contributed by atoms with E-state index in [0.717, 1.165) is 29.8 Å². The first kappa shape index (κ1) is 15.4. The lowest BCUT2D eigenvalue weighted by Crippen LogP contribution is -2.42. The Balaban J connectivity index is 1.47. The van der Waals surface area contributed by atoms with E-state index in [2.05, 4.69) is 16.7 Å². The van der Waals surface area contributed by atoms with Crippen LogP contribution in [0.2, 0.25) is 5.02 Å². The molecule has 0 radical (unpaired) electrons. The van der Waals surface area contributed by atoms with E-state index in [4.69, 9.17) is 11.6 Å². The summed E-state index contributed by atoms with van der Waals surface area (Å²) in [5.41, 5.74) is 2.45. The van der Waals surface area contributed by atoms with Gasteiger partial charge >= 0.3 is 6.03 Å². The van der Waals surface area contributed by atoms with Crippen molar-refractivity contribution < 1.29 is 4.79 Å². The zero-order valence-electron chi connectivity index (χ0n) is 12.8. The van der Waals surface area contributed by atoms with Crippen LogP contribution in [0.3, 0.4) is 0 Å². The van der Waals surface area contributed by atoms with Gasteiger partial charge in [-0.2, -0.15) is 0 Å². The van der Waals surface area contributed by atoms with Crippen LogP contribution in [0.1, 0.15) is 50.5 Å². The molecule has 2 aliphatic carbocycles. The van der Waals surface area contributed by atoms with Gasteiger partial charge in [0.25, 0.3) is 0 Å². The average molecular weight is 319 g/mol. The van der Waals surface area contributed by atoms with E-state index in [9.17, 15) is 4.79 Å². The van der Waals surface area contributed by atoms with Gasteiger partial charge in [-0.1, -0.05) is 35.4 Å². The molecule has 0 spiro atoms. The third-order valence-corrected chi connectivity index (χ3v) is 4.87. The molecule has 3 rings (SSSR count). The number of hydrogen-bond donors (Lipinski definition) is 2. The van der Waals surface area contributed by atoms with Crippen molar-refractivity contribution in [3.63, 3.8) is 0 Å². The number of benzene rings is 1. The molecule has 1 aromatic rings. The molecular formula is C18H23ClN2O. The molecule has 0 bridgehead atoms. The second-order valence-electron chi connectivity index (χ2n) is 6.33. The summed E-state index contributed by atoms with van der Waals surface area (Å²) in [4.78, 5) is 12.1. The molecule has 3 nitrogen and oxygen atoms in total. The average Bonchev–Trinajstić information content (AvgIpc) is 3.29. The largest absolute Gasteiger partial charge is 0.338 e. The predicted octanol–water partition coefficient (Wildman–Crippen LogP) is 4.52. The van der Waals surface area contributed by atoms with Crippen molar-refractivity contribution in [3.8, 4) is 0 Å². The molecule has 118 valence electrons. The first-order valence-corrected chi connectivity index (χ1v) is 8.56. The quantitative estimate of drug-likeness (QED) is 0.770. The van der Waals surface area contributed by atoms with Gasteiger partial charge in [-0.3, -0.25) is 0 Å². The van der Waals surface area contributed by atoms with Crippen LogP contribution >= 0.6 is 11.6 Å². The van der Waals surface area contributed by atoms with Crippen LogP contribution in [-0.4, -0.2) is 12.6 Å². The monoisotopic (exact) mass is 318 g/mol. The van der Waals surface area contributed by atoms with E-state index in [1.807, 2.05) is 24.3 Å². The standard InChI is InChI=1S/C18H23ClN2O/c19-16-8-6-15(7-9-16)18(11-12-18)21-17(22)20-13-10-14-4-2-1-3-5-14/h4,6-9H,1-3,5,10-13H2,(H2,20,21,22). The first-order valence-electron chi connectivity index (χ1n) is 8.18. The Kier molecular flexibility index (Phi) is 4.72. The number of halogens is 1. The highest BCUT2D eigenvalue weighted by Gasteiger charge is 2.45. The van der Waals surface area contributed by atoms with Crippen molar-refractivity contribution in [2.24, 2.45) is 0 Å². The lowest BCUT2D eigenvalue weighted by atomic mass is 9.97. The van der Waals surface area contributed by atoms with Crippen molar-refractivity contribution in [3.05, 3.63) is 46.5 Å². The SMILES string of the molecule is O=C(NCCC1=CCCCC1)NC1(c2ccc(Cl)cc2)CC1. The number of carbonyl (C=O) groups excluding carboxylic acids is 1. The van der Waals surface area contributed by atoms with E-state index < -0.39 is 0 Å². The van der Waals surface area contributed by atoms with Crippen LogP contribution in [0.4, 0.5) is 4.79 Å². The molecule has 0 saturated heterocycles. The highest BCUT2D eigenvalue weighted by Crippen LogP contribution is 2.45. The maximum Gasteiger partial charge on any atom is 0.315 e. The van der Waals surface area contributed by atoms with Crippen molar-refractivity contribution in [2.45, 2.75) is 50.5 Å². The van der Waals surface area contributed by atoms with Gasteiger partial charge < -0.3 is 10.6 Å². The van der Waals surface area contributed by atoms with Crippen LogP contribution in [0.15, 0.2) is 35.9 Å². The van der Waals surface area contributed by atoms with Gasteiger partial charge in [0.2, 0.25) is 0 Å². The van der Waals surface area contributed by atoms with Gasteiger partial charge in [0.05, 0.1) is 5.54 Å². The summed E-state index contributed by atoms with van der Waals surface area (Å²) in [6, 6.07) is 7.70. The summed E-state index contributed by atoms with van der Waals surface area (Å²) in [5, 5.41) is 6.85. The van der Waals surface area contributed by atoms with Crippen molar-refractivity contribution >= 4 is 17.6 Å². The molecule has 0 unspecified atom stereocenters. The minimum absolute atomic E-state index is 0.0659. The van der Waals surface area contributed by atoms with E-state index in [0.29, 0.717) is 6.54 Å². The molecule has 1 saturated carbocycles. The molecule has 0 atom stereocenters. The summed E-state index contributed by atoms with van der Waals surface area (Å²) >= 11 is 5.93. The molecule has 0 aliphatic heterocycles. The number of carbonyl (C=O) groups is 1. The Morgan fingerprint density at radius 1 is 1.18 bits per heavy atom. The zero-order chi connectivity index (χ0) is 15.4. The van der Waals surface area contributed by atoms with Gasteiger partial charge in [0, 0.05) is 11.6 Å². The Labute approximate surface area is 137 Å². The van der Waals surface area contributed by atoms with Gasteiger partial charge in [-0.25, -0.2) is 4.79 Å². The summed E-state index contributed by atoms with van der Waals surface area (Å²) in [7, 11) is 0. The second-order valence-corrected chi connectivity index (χ2v) is 6.76. The maximum absolute atomic E-state index is 12.1. The topological polar surface area (TPSA) is 41.1 Å². The van der Waals surface area contributed by atoms with Crippen molar-refractivity contribution in [1.82, 2.24) is 10.6 Å². The Hall–Kier alpha value is -1.48. The van der Waals surface area contributed by atoms with Gasteiger partial charge in [-0.05, 0) is 62.6 Å². The molecule has 1 fully saturated rings. The van der Waals surface area contributed by atoms with Crippen molar-refractivity contribution in [1.29, 1.82) is 0 Å². The molecule has 2 N–H and O–H groups in total. The minimum Gasteiger partial charge on any atom is -0.338 e. The molecular weight excluding hydrogens is 296 g/mol. The number of hydrogen-bond acceptors (Lipinski definition) is 1. The zero-order valence-corrected chi connectivity index (χ0v) is 13.6. The van der Waals surface area contributed by atoms with E-state index in [-0.39, 0.29) is 11.6 Å². The van der Waals surface area contributed by atoms with Gasteiger partial charge in [0.1, 0.15) is 0 Å². The Bertz CT molecular complexity index is 561. The first-order chi connectivity index (χ1) is 10.7. The Morgan fingerprint density at radius 3 is 2.59 bits per heavy atom. The second kappa shape index (κ2) is 6.74. The summed E-state index contributed by atoms with van der Waals surface area (Å²) in [5.74, 6) is 0. The number of nitrogens with one attached hydrogen (secondary N) is 2. The smallest absolute Gasteiger partial charge is 0.315 e. The highest BCUT2D eigenvalue weighted by molar-refractivity contribution is 6.30. The summed E-state index contributed by atoms with van der Waals surface area (Å²) in [6.07, 6.45) is 10.3. The van der Waals surface area contributed by atoms with E-state index in [1.165, 1.54) is 31.3 Å². The van der Waals surface area contributed by atoms with Crippen LogP contribution < -0.4 is 10.6 Å². The minimum atomic E-state index is -0.182. The van der Waals surface area contributed by atoms with Crippen LogP contribution in [0.5, 0.6) is 0 Å². The van der Waals surface area contributed by atoms with Gasteiger partial charge in [-0.15, -0.1) is 0 Å². The van der Waals surface area contributed by atoms with Gasteiger partial charge in [0.15, 0.2) is 0 Å². The molecule has 22 heavy (non-hydrogen) atoms. The molecule has 1 aromatic carbocycles. The molecule has 0 heterocycles. The molecule has 4 heteroatoms. The molecule has 2 aliphatic rings. The third-order valence-electron chi connectivity index (χ3n) is 4.62. The lowest BCUT2D eigenvalue weighted by molar-refractivity contribution is 0.236. The fourth-order valence-corrected chi connectivity index (χ4v) is 3.24. The van der Waals surface area contributed by atoms with Crippen LogP contribution in [-0.2, 0) is 5.54 Å². The fraction of sp³-hybridized carbons (Fsp3) is 0.500. The molecule has 2 amide bonds. The predicted molar refractivity (Wildman–Crippen MR) is 90.1 cm³/mol. The Morgan fingerprint density at radius 2 is 1.95 bits per heavy atom. The molecule has 0 aromatic heterocycles. The number of amides is 2. The van der Waals surface area contributed by atoms with E-state index in [1.54, 1.807) is 0 Å².